The second-order valence-corrected chi connectivity index (χ2v) is 8.30. The summed E-state index contributed by atoms with van der Waals surface area (Å²) in [5, 5.41) is 3.22. The minimum Gasteiger partial charge on any atom is -0.349 e. The molecule has 0 radical (unpaired) electrons. The Hall–Kier alpha value is -1.58. The molecule has 2 N–H and O–H groups in total. The van der Waals surface area contributed by atoms with Crippen LogP contribution in [0, 0.1) is 11.8 Å². The highest BCUT2D eigenvalue weighted by molar-refractivity contribution is 5.94. The number of hydrogen-bond donors (Lipinski definition) is 2. The van der Waals surface area contributed by atoms with Crippen LogP contribution in [0.1, 0.15) is 93.3 Å². The maximum atomic E-state index is 12.9. The number of aryl methyl sites for hydroxylation is 1. The van der Waals surface area contributed by atoms with Crippen molar-refractivity contribution in [1.82, 2.24) is 10.3 Å². The van der Waals surface area contributed by atoms with E-state index < -0.39 is 0 Å². The number of carbonyl (C=O) groups excluding carboxylic acids is 1. The summed E-state index contributed by atoms with van der Waals surface area (Å²) in [6.07, 6.45) is 12.5. The van der Waals surface area contributed by atoms with Gasteiger partial charge in [-0.3, -0.25) is 9.59 Å². The third-order valence-electron chi connectivity index (χ3n) is 6.48. The van der Waals surface area contributed by atoms with Crippen LogP contribution in [-0.2, 0) is 12.8 Å². The molecule has 1 aromatic heterocycles. The molecule has 0 spiro atoms. The van der Waals surface area contributed by atoms with Crippen molar-refractivity contribution in [2.75, 3.05) is 0 Å². The van der Waals surface area contributed by atoms with E-state index in [2.05, 4.69) is 24.1 Å². The molecule has 26 heavy (non-hydrogen) atoms. The van der Waals surface area contributed by atoms with Crippen molar-refractivity contribution in [2.45, 2.75) is 90.5 Å². The van der Waals surface area contributed by atoms with Crippen molar-refractivity contribution in [3.05, 3.63) is 33.2 Å². The first-order chi connectivity index (χ1) is 12.6. The fraction of sp³-hybridized carbons (Fsp3) is 0.727. The molecule has 3 rings (SSSR count). The summed E-state index contributed by atoms with van der Waals surface area (Å²) in [4.78, 5) is 28.4. The van der Waals surface area contributed by atoms with Crippen LogP contribution in [0.25, 0.3) is 0 Å². The van der Waals surface area contributed by atoms with Crippen molar-refractivity contribution in [3.63, 3.8) is 0 Å². The number of carbonyl (C=O) groups is 1. The van der Waals surface area contributed by atoms with Gasteiger partial charge in [-0.25, -0.2) is 0 Å². The number of fused-ring (bicyclic) bond motifs is 1. The molecule has 0 bridgehead atoms. The molecule has 1 aromatic rings. The first-order valence-corrected chi connectivity index (χ1v) is 10.7. The largest absolute Gasteiger partial charge is 0.349 e. The molecular weight excluding hydrogens is 324 g/mol. The summed E-state index contributed by atoms with van der Waals surface area (Å²) in [5.41, 5.74) is 2.28. The quantitative estimate of drug-likeness (QED) is 0.793. The van der Waals surface area contributed by atoms with Crippen LogP contribution in [0.5, 0.6) is 0 Å². The van der Waals surface area contributed by atoms with Gasteiger partial charge in [0, 0.05) is 11.7 Å². The Labute approximate surface area is 157 Å². The normalized spacial score (nSPS) is 21.8. The van der Waals surface area contributed by atoms with Crippen molar-refractivity contribution < 1.29 is 4.79 Å². The van der Waals surface area contributed by atoms with E-state index in [1.807, 2.05) is 6.07 Å². The molecular formula is C22H34N2O2. The molecule has 1 fully saturated rings. The van der Waals surface area contributed by atoms with Crippen molar-refractivity contribution >= 4 is 5.91 Å². The van der Waals surface area contributed by atoms with Gasteiger partial charge in [0.05, 0.1) is 0 Å². The maximum absolute atomic E-state index is 12.9. The summed E-state index contributed by atoms with van der Waals surface area (Å²) in [6, 6.07) is 2.07. The van der Waals surface area contributed by atoms with Gasteiger partial charge in [0.15, 0.2) is 0 Å². The Bertz CT molecular complexity index is 673. The molecule has 2 aliphatic carbocycles. The van der Waals surface area contributed by atoms with Gasteiger partial charge in [0.1, 0.15) is 5.56 Å². The molecule has 2 aliphatic rings. The van der Waals surface area contributed by atoms with E-state index >= 15 is 0 Å². The lowest BCUT2D eigenvalue weighted by Crippen LogP contribution is -2.43. The Balaban J connectivity index is 1.76. The zero-order valence-electron chi connectivity index (χ0n) is 16.4. The van der Waals surface area contributed by atoms with Gasteiger partial charge in [-0.1, -0.05) is 46.0 Å². The van der Waals surface area contributed by atoms with Crippen LogP contribution >= 0.6 is 0 Å². The van der Waals surface area contributed by atoms with Crippen molar-refractivity contribution in [2.24, 2.45) is 11.8 Å². The van der Waals surface area contributed by atoms with Crippen LogP contribution in [0.2, 0.25) is 0 Å². The minimum atomic E-state index is -0.227. The summed E-state index contributed by atoms with van der Waals surface area (Å²) < 4.78 is 0. The lowest BCUT2D eigenvalue weighted by Gasteiger charge is -2.31. The van der Waals surface area contributed by atoms with Crippen LogP contribution in [0.3, 0.4) is 0 Å². The molecule has 144 valence electrons. The fourth-order valence-corrected chi connectivity index (χ4v) is 4.81. The number of nitrogens with one attached hydrogen (secondary N) is 2. The zero-order chi connectivity index (χ0) is 18.5. The molecule has 1 saturated carbocycles. The van der Waals surface area contributed by atoms with Gasteiger partial charge in [-0.05, 0) is 62.0 Å². The highest BCUT2D eigenvalue weighted by Crippen LogP contribution is 2.29. The number of amides is 1. The van der Waals surface area contributed by atoms with E-state index in [1.165, 1.54) is 32.1 Å². The summed E-state index contributed by atoms with van der Waals surface area (Å²) >= 11 is 0. The summed E-state index contributed by atoms with van der Waals surface area (Å²) in [6.45, 7) is 4.38. The van der Waals surface area contributed by atoms with E-state index in [-0.39, 0.29) is 17.5 Å². The van der Waals surface area contributed by atoms with E-state index in [0.717, 1.165) is 49.8 Å². The Kier molecular flexibility index (Phi) is 6.55. The van der Waals surface area contributed by atoms with Crippen LogP contribution in [-0.4, -0.2) is 16.9 Å². The molecule has 1 amide bonds. The molecule has 2 unspecified atom stereocenters. The first-order valence-electron chi connectivity index (χ1n) is 10.7. The molecule has 4 nitrogen and oxygen atoms in total. The number of H-pyrrole nitrogens is 1. The van der Waals surface area contributed by atoms with E-state index in [9.17, 15) is 9.59 Å². The second-order valence-electron chi connectivity index (χ2n) is 8.30. The molecule has 4 heteroatoms. The predicted molar refractivity (Wildman–Crippen MR) is 106 cm³/mol. The van der Waals surface area contributed by atoms with E-state index in [0.29, 0.717) is 17.4 Å². The van der Waals surface area contributed by atoms with Crippen LogP contribution in [0.4, 0.5) is 0 Å². The van der Waals surface area contributed by atoms with Gasteiger partial charge in [0.2, 0.25) is 0 Å². The van der Waals surface area contributed by atoms with Gasteiger partial charge >= 0.3 is 0 Å². The van der Waals surface area contributed by atoms with Gasteiger partial charge in [0.25, 0.3) is 11.5 Å². The monoisotopic (exact) mass is 358 g/mol. The first kappa shape index (κ1) is 19.2. The molecule has 0 aromatic carbocycles. The highest BCUT2D eigenvalue weighted by Gasteiger charge is 2.27. The molecule has 2 atom stereocenters. The number of rotatable bonds is 6. The third kappa shape index (κ3) is 4.39. The smallest absolute Gasteiger partial charge is 0.261 e. The lowest BCUT2D eigenvalue weighted by atomic mass is 9.82. The highest BCUT2D eigenvalue weighted by atomic mass is 16.2. The predicted octanol–water partition coefficient (Wildman–Crippen LogP) is 4.37. The van der Waals surface area contributed by atoms with E-state index in [4.69, 9.17) is 0 Å². The Morgan fingerprint density at radius 2 is 2.00 bits per heavy atom. The Morgan fingerprint density at radius 3 is 2.69 bits per heavy atom. The minimum absolute atomic E-state index is 0.184. The Morgan fingerprint density at radius 1 is 1.23 bits per heavy atom. The van der Waals surface area contributed by atoms with E-state index in [1.54, 1.807) is 0 Å². The van der Waals surface area contributed by atoms with Gasteiger partial charge in [-0.2, -0.15) is 0 Å². The zero-order valence-corrected chi connectivity index (χ0v) is 16.4. The lowest BCUT2D eigenvalue weighted by molar-refractivity contribution is 0.0907. The van der Waals surface area contributed by atoms with Gasteiger partial charge in [-0.15, -0.1) is 0 Å². The molecule has 1 heterocycles. The second kappa shape index (κ2) is 8.88. The summed E-state index contributed by atoms with van der Waals surface area (Å²) in [5.74, 6) is 1.05. The average molecular weight is 359 g/mol. The SMILES string of the molecule is CCCC(NC(=O)c1cc2c([nH]c1=O)CCC(CC)C2)C1CCCCC1. The standard InChI is InChI=1S/C22H34N2O2/c1-3-8-19(16-9-6-5-7-10-16)23-21(25)18-14-17-13-15(4-2)11-12-20(17)24-22(18)26/h14-16,19H,3-13H2,1-2H3,(H,23,25)(H,24,26). The van der Waals surface area contributed by atoms with Crippen molar-refractivity contribution in [1.29, 1.82) is 0 Å². The number of pyridine rings is 1. The van der Waals surface area contributed by atoms with Crippen LogP contribution in [0.15, 0.2) is 10.9 Å². The fourth-order valence-electron chi connectivity index (χ4n) is 4.81. The molecule has 0 saturated heterocycles. The van der Waals surface area contributed by atoms with Crippen molar-refractivity contribution in [3.8, 4) is 0 Å². The number of hydrogen-bond acceptors (Lipinski definition) is 2. The maximum Gasteiger partial charge on any atom is 0.261 e. The van der Waals surface area contributed by atoms with Gasteiger partial charge < -0.3 is 10.3 Å². The van der Waals surface area contributed by atoms with Crippen LogP contribution < -0.4 is 10.9 Å². The topological polar surface area (TPSA) is 62.0 Å². The number of aromatic amines is 1. The third-order valence-corrected chi connectivity index (χ3v) is 6.48. The summed E-state index contributed by atoms with van der Waals surface area (Å²) in [7, 11) is 0. The number of aromatic nitrogens is 1. The average Bonchev–Trinajstić information content (AvgIpc) is 2.67. The molecule has 0 aliphatic heterocycles.